The van der Waals surface area contributed by atoms with Crippen LogP contribution >= 0.6 is 0 Å². The summed E-state index contributed by atoms with van der Waals surface area (Å²) in [6.45, 7) is 20.6. The van der Waals surface area contributed by atoms with E-state index in [0.717, 1.165) is 60.4 Å². The molecule has 0 saturated heterocycles. The summed E-state index contributed by atoms with van der Waals surface area (Å²) in [4.78, 5) is 63.4. The molecule has 0 saturated carbocycles. The highest BCUT2D eigenvalue weighted by atomic mass is 16.5. The molecule has 55 heavy (non-hydrogen) atoms. The minimum Gasteiger partial charge on any atom is -0.448 e. The predicted octanol–water partition coefficient (Wildman–Crippen LogP) is 7.31. The summed E-state index contributed by atoms with van der Waals surface area (Å²) < 4.78 is 5.53. The number of ketones is 1. The Balaban J connectivity index is 1.24. The van der Waals surface area contributed by atoms with Gasteiger partial charge in [-0.05, 0) is 81.2 Å². The van der Waals surface area contributed by atoms with Gasteiger partial charge >= 0.3 is 12.1 Å². The van der Waals surface area contributed by atoms with Crippen molar-refractivity contribution in [2.75, 3.05) is 43.0 Å². The van der Waals surface area contributed by atoms with E-state index in [1.54, 1.807) is 13.0 Å². The van der Waals surface area contributed by atoms with Crippen LogP contribution in [-0.2, 0) is 4.74 Å². The predicted molar refractivity (Wildman–Crippen MR) is 219 cm³/mol. The number of rotatable bonds is 18. The van der Waals surface area contributed by atoms with Crippen LogP contribution < -0.4 is 31.7 Å². The number of fused-ring (bicyclic) bond motifs is 1. The second kappa shape index (κ2) is 19.6. The van der Waals surface area contributed by atoms with Crippen molar-refractivity contribution in [2.45, 2.75) is 74.1 Å². The molecule has 294 valence electrons. The van der Waals surface area contributed by atoms with Crippen LogP contribution in [0.3, 0.4) is 0 Å². The number of Topliss-reactive ketones (excluding diaryl/α,β-unsaturated/α-hetero) is 1. The van der Waals surface area contributed by atoms with Crippen LogP contribution in [0.25, 0.3) is 0 Å². The van der Waals surface area contributed by atoms with Crippen LogP contribution in [0.15, 0.2) is 82.4 Å². The largest absolute Gasteiger partial charge is 0.448 e. The fraction of sp³-hybridized carbons (Fsp3) is 0.429. The second-order valence-electron chi connectivity index (χ2n) is 14.8. The molecule has 5 N–H and O–H groups in total. The zero-order valence-electron chi connectivity index (χ0n) is 33.2. The lowest BCUT2D eigenvalue weighted by molar-refractivity contribution is 0.102. The molecule has 0 radical (unpaired) electrons. The van der Waals surface area contributed by atoms with E-state index in [4.69, 9.17) is 9.73 Å². The van der Waals surface area contributed by atoms with Gasteiger partial charge in [0.1, 0.15) is 6.61 Å². The first-order chi connectivity index (χ1) is 26.2. The zero-order chi connectivity index (χ0) is 40.1. The molecule has 2 aromatic carbocycles. The highest BCUT2D eigenvalue weighted by Crippen LogP contribution is 2.30. The number of aliphatic imine (C=N–C) groups is 1. The van der Waals surface area contributed by atoms with Crippen LogP contribution in [0.4, 0.5) is 26.9 Å². The number of anilines is 2. The van der Waals surface area contributed by atoms with E-state index >= 15 is 0 Å². The molecule has 1 aliphatic rings. The Hall–Kier alpha value is -5.72. The molecule has 0 bridgehead atoms. The van der Waals surface area contributed by atoms with Crippen LogP contribution in [-0.4, -0.2) is 66.4 Å². The maximum absolute atomic E-state index is 13.2. The van der Waals surface area contributed by atoms with E-state index in [0.29, 0.717) is 42.3 Å². The number of nitrogens with one attached hydrogen (secondary N) is 5. The number of nitrogens with zero attached hydrogens (tertiary/aromatic N) is 3. The molecule has 1 atom stereocenters. The third kappa shape index (κ3) is 12.7. The van der Waals surface area contributed by atoms with Gasteiger partial charge in [-0.15, -0.1) is 0 Å². The topological polar surface area (TPSA) is 170 Å². The summed E-state index contributed by atoms with van der Waals surface area (Å²) in [6.07, 6.45) is 4.58. The number of alkyl carbamates (subject to hydrolysis) is 1. The summed E-state index contributed by atoms with van der Waals surface area (Å²) in [5.74, 6) is 0.193. The normalized spacial score (nSPS) is 13.7. The van der Waals surface area contributed by atoms with E-state index in [9.17, 15) is 19.2 Å². The van der Waals surface area contributed by atoms with Crippen molar-refractivity contribution in [3.63, 3.8) is 0 Å². The quantitative estimate of drug-likeness (QED) is 0.0901. The maximum Gasteiger partial charge on any atom is 0.407 e. The molecule has 3 amide bonds. The lowest BCUT2D eigenvalue weighted by Crippen LogP contribution is -2.35. The van der Waals surface area contributed by atoms with Crippen LogP contribution in [0.5, 0.6) is 0 Å². The number of likely N-dealkylation sites (N-methyl/N-ethyl adjacent to an activating group) is 1. The van der Waals surface area contributed by atoms with Gasteiger partial charge in [-0.3, -0.25) is 14.9 Å². The smallest absolute Gasteiger partial charge is 0.407 e. The number of amides is 3. The van der Waals surface area contributed by atoms with Gasteiger partial charge in [0, 0.05) is 53.9 Å². The van der Waals surface area contributed by atoms with Gasteiger partial charge < -0.3 is 30.6 Å². The number of hydrogen-bond acceptors (Lipinski definition) is 9. The fourth-order valence-corrected chi connectivity index (χ4v) is 6.61. The summed E-state index contributed by atoms with van der Waals surface area (Å²) in [5, 5.41) is 11.5. The van der Waals surface area contributed by atoms with Gasteiger partial charge in [-0.2, -0.15) is 4.98 Å². The van der Waals surface area contributed by atoms with E-state index in [2.05, 4.69) is 83.4 Å². The third-order valence-electron chi connectivity index (χ3n) is 9.29. The van der Waals surface area contributed by atoms with Gasteiger partial charge in [0.2, 0.25) is 11.7 Å². The van der Waals surface area contributed by atoms with E-state index < -0.39 is 17.7 Å². The molecule has 13 heteroatoms. The monoisotopic (exact) mass is 752 g/mol. The van der Waals surface area contributed by atoms with Crippen molar-refractivity contribution in [1.29, 1.82) is 0 Å². The second-order valence-corrected chi connectivity index (χ2v) is 14.8. The van der Waals surface area contributed by atoms with Crippen molar-refractivity contribution < 1.29 is 19.1 Å². The number of allylic oxidation sites excluding steroid dienone is 3. The summed E-state index contributed by atoms with van der Waals surface area (Å²) >= 11 is 0. The Morgan fingerprint density at radius 2 is 1.78 bits per heavy atom. The molecule has 3 aromatic rings. The van der Waals surface area contributed by atoms with E-state index in [1.165, 1.54) is 6.07 Å². The number of urea groups is 1. The number of aryl methyl sites for hydroxylation is 2. The molecule has 0 fully saturated rings. The Morgan fingerprint density at radius 1 is 1.04 bits per heavy atom. The molecule has 13 nitrogen and oxygen atoms in total. The molecule has 1 aliphatic carbocycles. The number of ether oxygens (including phenoxy) is 1. The van der Waals surface area contributed by atoms with Gasteiger partial charge in [-0.25, -0.2) is 14.6 Å². The lowest BCUT2D eigenvalue weighted by atomic mass is 9.80. The zero-order valence-corrected chi connectivity index (χ0v) is 33.2. The first-order valence-electron chi connectivity index (χ1n) is 19.0. The molecule has 0 spiro atoms. The first-order valence-corrected chi connectivity index (χ1v) is 19.0. The minimum absolute atomic E-state index is 0.0746. The van der Waals surface area contributed by atoms with Gasteiger partial charge in [0.05, 0.1) is 23.6 Å². The summed E-state index contributed by atoms with van der Waals surface area (Å²) in [7, 11) is 0. The van der Waals surface area contributed by atoms with Crippen LogP contribution in [0.1, 0.15) is 87.5 Å². The van der Waals surface area contributed by atoms with E-state index in [-0.39, 0.29) is 29.7 Å². The molecular formula is C42H56N8O5. The highest BCUT2D eigenvalue weighted by Gasteiger charge is 2.25. The van der Waals surface area contributed by atoms with Crippen molar-refractivity contribution in [1.82, 2.24) is 25.9 Å². The van der Waals surface area contributed by atoms with Crippen molar-refractivity contribution in [3.8, 4) is 0 Å². The minimum atomic E-state index is -0.463. The summed E-state index contributed by atoms with van der Waals surface area (Å²) in [5.41, 5.74) is 6.20. The first kappa shape index (κ1) is 42.0. The SMILES string of the molecule is C=C(CCC)NC1=C/C(=N\c2ccc(N(CC)CCOC(=O)NCCC(C)(C)CC(C)CNC(=O)Nc3nc(=O)cc(C)[nH]3)cc2C)c2ccccc2C1=O. The molecule has 1 aromatic heterocycles. The number of carbonyl (C=O) groups excluding carboxylic acids is 3. The number of benzene rings is 2. The van der Waals surface area contributed by atoms with E-state index in [1.807, 2.05) is 43.3 Å². The van der Waals surface area contributed by atoms with Gasteiger partial charge in [0.15, 0.2) is 0 Å². The number of aromatic amines is 1. The Kier molecular flexibility index (Phi) is 14.9. The molecular weight excluding hydrogens is 697 g/mol. The Bertz CT molecular complexity index is 1980. The third-order valence-corrected chi connectivity index (χ3v) is 9.29. The van der Waals surface area contributed by atoms with Crippen LogP contribution in [0, 0.1) is 25.2 Å². The summed E-state index contributed by atoms with van der Waals surface area (Å²) in [6, 6.07) is 14.5. The van der Waals surface area contributed by atoms with Crippen LogP contribution in [0.2, 0.25) is 0 Å². The van der Waals surface area contributed by atoms with Crippen molar-refractivity contribution in [3.05, 3.63) is 105 Å². The van der Waals surface area contributed by atoms with Gasteiger partial charge in [-0.1, -0.05) is 65.0 Å². The number of H-pyrrole nitrogens is 1. The van der Waals surface area contributed by atoms with Gasteiger partial charge in [0.25, 0.3) is 5.56 Å². The molecule has 1 heterocycles. The van der Waals surface area contributed by atoms with Crippen molar-refractivity contribution >= 4 is 40.9 Å². The molecule has 0 aliphatic heterocycles. The fourth-order valence-electron chi connectivity index (χ4n) is 6.61. The lowest BCUT2D eigenvalue weighted by Gasteiger charge is -2.28. The number of aromatic nitrogens is 2. The molecule has 1 unspecified atom stereocenters. The maximum atomic E-state index is 13.2. The Labute approximate surface area is 324 Å². The standard InChI is InChI=1S/C42H56N8O5/c1-9-13-29(5)45-36-24-35(32-14-11-12-15-33(32)38(36)52)47-34-17-16-31(22-28(34)4)50(10-2)20-21-55-41(54)43-19-18-42(7,8)25-27(3)26-44-40(53)49-39-46-30(6)23-37(51)48-39/h11-12,14-17,22-24,27,45H,5,9-10,13,18-21,25-26H2,1-4,6-8H3,(H,43,54)(H3,44,46,48,49,51,53)/b47-35+. The molecule has 4 rings (SSSR count). The average molecular weight is 753 g/mol. The number of hydrogen-bond donors (Lipinski definition) is 5. The Morgan fingerprint density at radius 3 is 2.47 bits per heavy atom. The average Bonchev–Trinajstić information content (AvgIpc) is 3.11. The number of carbonyl (C=O) groups is 3. The highest BCUT2D eigenvalue weighted by molar-refractivity contribution is 6.26. The van der Waals surface area contributed by atoms with Crippen molar-refractivity contribution in [2.24, 2.45) is 16.3 Å².